The van der Waals surface area contributed by atoms with E-state index in [-0.39, 0.29) is 11.6 Å². The van der Waals surface area contributed by atoms with Crippen molar-refractivity contribution in [3.63, 3.8) is 0 Å². The summed E-state index contributed by atoms with van der Waals surface area (Å²) in [5, 5.41) is 6.93. The zero-order valence-electron chi connectivity index (χ0n) is 14.8. The summed E-state index contributed by atoms with van der Waals surface area (Å²) in [5.41, 5.74) is -0.285. The van der Waals surface area contributed by atoms with Crippen LogP contribution in [0.5, 0.6) is 0 Å². The van der Waals surface area contributed by atoms with E-state index in [1.807, 2.05) is 31.5 Å². The Morgan fingerprint density at radius 2 is 2.12 bits per heavy atom. The van der Waals surface area contributed by atoms with Crippen molar-refractivity contribution in [1.82, 2.24) is 24.2 Å². The molecule has 8 nitrogen and oxygen atoms in total. The van der Waals surface area contributed by atoms with E-state index in [4.69, 9.17) is 0 Å². The zero-order chi connectivity index (χ0) is 18.0. The second-order valence-electron chi connectivity index (χ2n) is 7.31. The molecule has 2 amide bonds. The Labute approximate surface area is 146 Å². The average molecular weight is 344 g/mol. The molecule has 0 aromatic carbocycles. The third-order valence-electron chi connectivity index (χ3n) is 4.33. The predicted molar refractivity (Wildman–Crippen MR) is 92.8 cm³/mol. The van der Waals surface area contributed by atoms with Crippen LogP contribution in [0.1, 0.15) is 33.6 Å². The lowest BCUT2D eigenvalue weighted by Gasteiger charge is -2.25. The Morgan fingerprint density at radius 1 is 1.32 bits per heavy atom. The third-order valence-corrected chi connectivity index (χ3v) is 4.33. The molecule has 2 aromatic heterocycles. The van der Waals surface area contributed by atoms with Crippen LogP contribution in [0.15, 0.2) is 31.0 Å². The van der Waals surface area contributed by atoms with Gasteiger partial charge in [-0.3, -0.25) is 9.59 Å². The Hall–Kier alpha value is -2.64. The molecule has 1 aliphatic rings. The molecule has 1 aliphatic heterocycles. The minimum atomic E-state index is -0.622. The quantitative estimate of drug-likeness (QED) is 0.855. The highest BCUT2D eigenvalue weighted by atomic mass is 16.2. The summed E-state index contributed by atoms with van der Waals surface area (Å²) in [6.07, 6.45) is 8.70. The van der Waals surface area contributed by atoms with Crippen molar-refractivity contribution in [2.24, 2.45) is 0 Å². The maximum absolute atomic E-state index is 12.6. The second kappa shape index (κ2) is 6.70. The maximum Gasteiger partial charge on any atom is 0.315 e. The molecule has 1 atom stereocenters. The van der Waals surface area contributed by atoms with Crippen LogP contribution in [-0.2, 0) is 21.7 Å². The summed E-state index contributed by atoms with van der Waals surface area (Å²) in [5.74, 6) is -0.594. The van der Waals surface area contributed by atoms with E-state index in [0.29, 0.717) is 18.9 Å². The van der Waals surface area contributed by atoms with Gasteiger partial charge in [0.1, 0.15) is 5.82 Å². The smallest absolute Gasteiger partial charge is 0.315 e. The van der Waals surface area contributed by atoms with Gasteiger partial charge in [-0.05, 0) is 33.6 Å². The number of anilines is 1. The van der Waals surface area contributed by atoms with E-state index < -0.39 is 11.8 Å². The average Bonchev–Trinajstić information content (AvgIpc) is 3.27. The predicted octanol–water partition coefficient (Wildman–Crippen LogP) is 1.46. The summed E-state index contributed by atoms with van der Waals surface area (Å²) in [6, 6.07) is 1.71. The molecule has 0 bridgehead atoms. The van der Waals surface area contributed by atoms with Gasteiger partial charge in [-0.25, -0.2) is 9.67 Å². The van der Waals surface area contributed by atoms with E-state index in [2.05, 4.69) is 15.4 Å². The van der Waals surface area contributed by atoms with Gasteiger partial charge in [-0.2, -0.15) is 5.10 Å². The molecule has 25 heavy (non-hydrogen) atoms. The Balaban J connectivity index is 1.68. The fraction of sp³-hybridized carbons (Fsp3) is 0.529. The van der Waals surface area contributed by atoms with Gasteiger partial charge in [-0.1, -0.05) is 0 Å². The molecular weight excluding hydrogens is 320 g/mol. The highest BCUT2D eigenvalue weighted by molar-refractivity contribution is 6.39. The standard InChI is InChI=1S/C17H24N6O2/c1-17(2,3)23-14(6-7-19-23)20-15(24)16(25)22-9-4-5-13(22)11-21-10-8-18-12-21/h6-8,10,12-13H,4-5,9,11H2,1-3H3,(H,20,24)/t13-/m1/s1. The first-order valence-electron chi connectivity index (χ1n) is 8.48. The van der Waals surface area contributed by atoms with Crippen molar-refractivity contribution in [1.29, 1.82) is 0 Å². The van der Waals surface area contributed by atoms with E-state index >= 15 is 0 Å². The molecular formula is C17H24N6O2. The molecule has 8 heteroatoms. The van der Waals surface area contributed by atoms with Crippen molar-refractivity contribution >= 4 is 17.6 Å². The van der Waals surface area contributed by atoms with Gasteiger partial charge in [0.2, 0.25) is 0 Å². The molecule has 1 fully saturated rings. The van der Waals surface area contributed by atoms with Gasteiger partial charge in [0, 0.05) is 31.5 Å². The van der Waals surface area contributed by atoms with Gasteiger partial charge in [-0.15, -0.1) is 0 Å². The van der Waals surface area contributed by atoms with Gasteiger partial charge in [0.15, 0.2) is 0 Å². The van der Waals surface area contributed by atoms with Gasteiger partial charge in [0.05, 0.1) is 24.1 Å². The molecule has 3 heterocycles. The fourth-order valence-corrected chi connectivity index (χ4v) is 3.16. The van der Waals surface area contributed by atoms with Crippen molar-refractivity contribution in [3.05, 3.63) is 31.0 Å². The highest BCUT2D eigenvalue weighted by Crippen LogP contribution is 2.21. The molecule has 3 rings (SSSR count). The molecule has 0 radical (unpaired) electrons. The molecule has 1 saturated heterocycles. The number of nitrogens with one attached hydrogen (secondary N) is 1. The number of imidazole rings is 1. The number of rotatable bonds is 3. The summed E-state index contributed by atoms with van der Waals surface area (Å²) in [6.45, 7) is 7.21. The van der Waals surface area contributed by atoms with Crippen LogP contribution in [0.25, 0.3) is 0 Å². The van der Waals surface area contributed by atoms with Crippen LogP contribution in [0.2, 0.25) is 0 Å². The van der Waals surface area contributed by atoms with Crippen LogP contribution < -0.4 is 5.32 Å². The Morgan fingerprint density at radius 3 is 2.80 bits per heavy atom. The minimum Gasteiger partial charge on any atom is -0.335 e. The largest absolute Gasteiger partial charge is 0.335 e. The molecule has 0 spiro atoms. The van der Waals surface area contributed by atoms with Gasteiger partial charge in [0.25, 0.3) is 0 Å². The number of aromatic nitrogens is 4. The molecule has 0 saturated carbocycles. The van der Waals surface area contributed by atoms with Crippen molar-refractivity contribution in [3.8, 4) is 0 Å². The summed E-state index contributed by atoms with van der Waals surface area (Å²) in [7, 11) is 0. The first kappa shape index (κ1) is 17.2. The number of hydrogen-bond acceptors (Lipinski definition) is 4. The summed E-state index contributed by atoms with van der Waals surface area (Å²) in [4.78, 5) is 30.8. The summed E-state index contributed by atoms with van der Waals surface area (Å²) < 4.78 is 3.63. The molecule has 0 unspecified atom stereocenters. The van der Waals surface area contributed by atoms with E-state index in [9.17, 15) is 9.59 Å². The fourth-order valence-electron chi connectivity index (χ4n) is 3.16. The van der Waals surface area contributed by atoms with Crippen LogP contribution in [-0.4, -0.2) is 48.6 Å². The zero-order valence-corrected chi connectivity index (χ0v) is 14.8. The van der Waals surface area contributed by atoms with Crippen LogP contribution in [0, 0.1) is 0 Å². The monoisotopic (exact) mass is 344 g/mol. The molecule has 0 aliphatic carbocycles. The minimum absolute atomic E-state index is 0.0139. The maximum atomic E-state index is 12.6. The van der Waals surface area contributed by atoms with Crippen molar-refractivity contribution < 1.29 is 9.59 Å². The first-order chi connectivity index (χ1) is 11.9. The second-order valence-corrected chi connectivity index (χ2v) is 7.31. The third kappa shape index (κ3) is 3.72. The lowest BCUT2D eigenvalue weighted by atomic mass is 10.1. The lowest BCUT2D eigenvalue weighted by molar-refractivity contribution is -0.143. The number of carbonyl (C=O) groups is 2. The van der Waals surface area contributed by atoms with Gasteiger partial charge >= 0.3 is 11.8 Å². The Kier molecular flexibility index (Phi) is 4.61. The van der Waals surface area contributed by atoms with E-state index in [0.717, 1.165) is 12.8 Å². The first-order valence-corrected chi connectivity index (χ1v) is 8.48. The molecule has 134 valence electrons. The van der Waals surface area contributed by atoms with Crippen molar-refractivity contribution in [2.45, 2.75) is 51.7 Å². The lowest BCUT2D eigenvalue weighted by Crippen LogP contribution is -2.44. The van der Waals surface area contributed by atoms with Gasteiger partial charge < -0.3 is 14.8 Å². The number of hydrogen-bond donors (Lipinski definition) is 1. The topological polar surface area (TPSA) is 85.0 Å². The normalized spacial score (nSPS) is 17.7. The summed E-state index contributed by atoms with van der Waals surface area (Å²) >= 11 is 0. The SMILES string of the molecule is CC(C)(C)n1nccc1NC(=O)C(=O)N1CCC[C@@H]1Cn1ccnc1. The number of amides is 2. The number of carbonyl (C=O) groups excluding carboxylic acids is 2. The number of nitrogens with zero attached hydrogens (tertiary/aromatic N) is 5. The van der Waals surface area contributed by atoms with Crippen molar-refractivity contribution in [2.75, 3.05) is 11.9 Å². The highest BCUT2D eigenvalue weighted by Gasteiger charge is 2.33. The van der Waals surface area contributed by atoms with E-state index in [1.165, 1.54) is 0 Å². The number of likely N-dealkylation sites (tertiary alicyclic amines) is 1. The van der Waals surface area contributed by atoms with Crippen LogP contribution in [0.4, 0.5) is 5.82 Å². The van der Waals surface area contributed by atoms with Crippen LogP contribution >= 0.6 is 0 Å². The molecule has 1 N–H and O–H groups in total. The Bertz CT molecular complexity index is 744. The van der Waals surface area contributed by atoms with Crippen LogP contribution in [0.3, 0.4) is 0 Å². The van der Waals surface area contributed by atoms with E-state index in [1.54, 1.807) is 34.4 Å². The molecule has 2 aromatic rings.